The summed E-state index contributed by atoms with van der Waals surface area (Å²) in [6.45, 7) is 4.10. The van der Waals surface area contributed by atoms with Crippen LogP contribution in [0.1, 0.15) is 32.3 Å². The van der Waals surface area contributed by atoms with E-state index in [-0.39, 0.29) is 5.97 Å². The fraction of sp³-hybridized carbons (Fsp3) is 0.429. The maximum atomic E-state index is 11.5. The molecule has 0 saturated heterocycles. The van der Waals surface area contributed by atoms with Gasteiger partial charge in [0.05, 0.1) is 18.2 Å². The van der Waals surface area contributed by atoms with Crippen LogP contribution in [-0.2, 0) is 9.53 Å². The van der Waals surface area contributed by atoms with Gasteiger partial charge in [-0.15, -0.1) is 0 Å². The van der Waals surface area contributed by atoms with E-state index in [4.69, 9.17) is 14.7 Å². The van der Waals surface area contributed by atoms with Crippen molar-refractivity contribution in [3.63, 3.8) is 0 Å². The fourth-order valence-corrected chi connectivity index (χ4v) is 1.29. The van der Waals surface area contributed by atoms with Gasteiger partial charge in [-0.25, -0.2) is 4.79 Å². The molecule has 4 nitrogen and oxygen atoms in total. The minimum atomic E-state index is -0.644. The first kappa shape index (κ1) is 14.0. The van der Waals surface area contributed by atoms with E-state index in [1.54, 1.807) is 31.2 Å². The number of nitriles is 1. The molecule has 0 spiro atoms. The third kappa shape index (κ3) is 4.46. The Morgan fingerprint density at radius 3 is 2.61 bits per heavy atom. The molecule has 1 unspecified atom stereocenters. The van der Waals surface area contributed by atoms with Crippen LogP contribution >= 0.6 is 0 Å². The quantitative estimate of drug-likeness (QED) is 0.572. The molecule has 0 aromatic heterocycles. The highest BCUT2D eigenvalue weighted by molar-refractivity contribution is 5.74. The van der Waals surface area contributed by atoms with Crippen LogP contribution in [0.3, 0.4) is 0 Å². The average Bonchev–Trinajstić information content (AvgIpc) is 2.39. The molecule has 1 atom stereocenters. The molecule has 1 aromatic rings. The van der Waals surface area contributed by atoms with Crippen LogP contribution in [0.5, 0.6) is 5.75 Å². The van der Waals surface area contributed by atoms with E-state index < -0.39 is 6.10 Å². The van der Waals surface area contributed by atoms with Crippen LogP contribution in [0.4, 0.5) is 0 Å². The first-order valence-corrected chi connectivity index (χ1v) is 6.00. The summed E-state index contributed by atoms with van der Waals surface area (Å²) in [4.78, 5) is 11.5. The number of nitrogens with zero attached hydrogens (tertiary/aromatic N) is 1. The minimum Gasteiger partial charge on any atom is -0.479 e. The minimum absolute atomic E-state index is 0.368. The third-order valence-electron chi connectivity index (χ3n) is 2.37. The first-order valence-electron chi connectivity index (χ1n) is 6.00. The number of unbranched alkanes of at least 4 members (excludes halogenated alkanes) is 1. The highest BCUT2D eigenvalue weighted by Gasteiger charge is 2.15. The summed E-state index contributed by atoms with van der Waals surface area (Å²) in [6, 6.07) is 8.63. The van der Waals surface area contributed by atoms with Gasteiger partial charge in [0.15, 0.2) is 6.10 Å². The summed E-state index contributed by atoms with van der Waals surface area (Å²) in [6.07, 6.45) is 1.20. The monoisotopic (exact) mass is 247 g/mol. The van der Waals surface area contributed by atoms with Crippen molar-refractivity contribution in [2.24, 2.45) is 0 Å². The lowest BCUT2D eigenvalue weighted by Gasteiger charge is -2.13. The van der Waals surface area contributed by atoms with Crippen molar-refractivity contribution in [2.45, 2.75) is 32.8 Å². The Hall–Kier alpha value is -2.02. The van der Waals surface area contributed by atoms with Crippen LogP contribution in [0, 0.1) is 11.3 Å². The number of carbonyl (C=O) groups is 1. The van der Waals surface area contributed by atoms with Crippen LogP contribution in [0.25, 0.3) is 0 Å². The Morgan fingerprint density at radius 1 is 1.39 bits per heavy atom. The highest BCUT2D eigenvalue weighted by atomic mass is 16.6. The first-order chi connectivity index (χ1) is 8.67. The SMILES string of the molecule is CCCCOC(=O)C(C)Oc1ccc(C#N)cc1. The zero-order valence-corrected chi connectivity index (χ0v) is 10.7. The second kappa shape index (κ2) is 7.33. The van der Waals surface area contributed by atoms with Gasteiger partial charge in [-0.3, -0.25) is 0 Å². The molecule has 0 heterocycles. The Balaban J connectivity index is 2.45. The number of benzene rings is 1. The van der Waals surface area contributed by atoms with E-state index in [2.05, 4.69) is 0 Å². The van der Waals surface area contributed by atoms with Gasteiger partial charge >= 0.3 is 5.97 Å². The summed E-state index contributed by atoms with van der Waals surface area (Å²) in [5, 5.41) is 8.65. The number of hydrogen-bond donors (Lipinski definition) is 0. The summed E-state index contributed by atoms with van der Waals surface area (Å²) in [7, 11) is 0. The number of ether oxygens (including phenoxy) is 2. The molecule has 0 N–H and O–H groups in total. The van der Waals surface area contributed by atoms with Gasteiger partial charge in [-0.1, -0.05) is 13.3 Å². The Bertz CT molecular complexity index is 420. The zero-order valence-electron chi connectivity index (χ0n) is 10.7. The second-order valence-corrected chi connectivity index (χ2v) is 3.92. The molecular weight excluding hydrogens is 230 g/mol. The molecule has 0 aliphatic rings. The largest absolute Gasteiger partial charge is 0.479 e. The van der Waals surface area contributed by atoms with Crippen molar-refractivity contribution in [3.8, 4) is 11.8 Å². The predicted octanol–water partition coefficient (Wildman–Crippen LogP) is 2.67. The van der Waals surface area contributed by atoms with Crippen molar-refractivity contribution in [1.82, 2.24) is 0 Å². The standard InChI is InChI=1S/C14H17NO3/c1-3-4-9-17-14(16)11(2)18-13-7-5-12(10-15)6-8-13/h5-8,11H,3-4,9H2,1-2H3. The third-order valence-corrected chi connectivity index (χ3v) is 2.37. The Kier molecular flexibility index (Phi) is 5.72. The normalized spacial score (nSPS) is 11.4. The van der Waals surface area contributed by atoms with Gasteiger partial charge in [0.2, 0.25) is 0 Å². The summed E-state index contributed by atoms with van der Waals surface area (Å²) in [5.41, 5.74) is 0.556. The molecule has 18 heavy (non-hydrogen) atoms. The smallest absolute Gasteiger partial charge is 0.347 e. The fourth-order valence-electron chi connectivity index (χ4n) is 1.29. The molecular formula is C14H17NO3. The number of rotatable bonds is 6. The summed E-state index contributed by atoms with van der Waals surface area (Å²) in [5.74, 6) is 0.182. The van der Waals surface area contributed by atoms with Crippen LogP contribution in [0.15, 0.2) is 24.3 Å². The van der Waals surface area contributed by atoms with Crippen molar-refractivity contribution >= 4 is 5.97 Å². The number of esters is 1. The molecule has 0 aliphatic heterocycles. The van der Waals surface area contributed by atoms with E-state index in [0.717, 1.165) is 12.8 Å². The zero-order chi connectivity index (χ0) is 13.4. The molecule has 0 radical (unpaired) electrons. The maximum absolute atomic E-state index is 11.5. The van der Waals surface area contributed by atoms with E-state index in [1.807, 2.05) is 13.0 Å². The van der Waals surface area contributed by atoms with Crippen LogP contribution in [-0.4, -0.2) is 18.7 Å². The van der Waals surface area contributed by atoms with Crippen LogP contribution < -0.4 is 4.74 Å². The molecule has 1 rings (SSSR count). The van der Waals surface area contributed by atoms with Gasteiger partial charge < -0.3 is 9.47 Å². The summed E-state index contributed by atoms with van der Waals surface area (Å²) >= 11 is 0. The number of hydrogen-bond acceptors (Lipinski definition) is 4. The van der Waals surface area contributed by atoms with Gasteiger partial charge in [-0.05, 0) is 37.6 Å². The maximum Gasteiger partial charge on any atom is 0.347 e. The van der Waals surface area contributed by atoms with Gasteiger partial charge in [0.25, 0.3) is 0 Å². The van der Waals surface area contributed by atoms with Gasteiger partial charge in [0.1, 0.15) is 5.75 Å². The Morgan fingerprint density at radius 2 is 2.06 bits per heavy atom. The molecule has 0 amide bonds. The van der Waals surface area contributed by atoms with Crippen molar-refractivity contribution in [3.05, 3.63) is 29.8 Å². The van der Waals surface area contributed by atoms with Crippen molar-refractivity contribution in [2.75, 3.05) is 6.61 Å². The van der Waals surface area contributed by atoms with E-state index in [0.29, 0.717) is 17.9 Å². The molecule has 1 aromatic carbocycles. The molecule has 96 valence electrons. The van der Waals surface area contributed by atoms with Gasteiger partial charge in [-0.2, -0.15) is 5.26 Å². The van der Waals surface area contributed by atoms with E-state index in [9.17, 15) is 4.79 Å². The highest BCUT2D eigenvalue weighted by Crippen LogP contribution is 2.13. The van der Waals surface area contributed by atoms with Crippen molar-refractivity contribution < 1.29 is 14.3 Å². The van der Waals surface area contributed by atoms with Gasteiger partial charge in [0, 0.05) is 0 Å². The molecule has 0 saturated carbocycles. The lowest BCUT2D eigenvalue weighted by Crippen LogP contribution is -2.26. The summed E-state index contributed by atoms with van der Waals surface area (Å²) < 4.78 is 10.5. The number of carbonyl (C=O) groups excluding carboxylic acids is 1. The topological polar surface area (TPSA) is 59.3 Å². The molecule has 0 bridgehead atoms. The van der Waals surface area contributed by atoms with E-state index >= 15 is 0 Å². The average molecular weight is 247 g/mol. The molecule has 4 heteroatoms. The predicted molar refractivity (Wildman–Crippen MR) is 67.1 cm³/mol. The Labute approximate surface area is 107 Å². The van der Waals surface area contributed by atoms with Crippen LogP contribution in [0.2, 0.25) is 0 Å². The molecule has 0 aliphatic carbocycles. The lowest BCUT2D eigenvalue weighted by molar-refractivity contribution is -0.151. The van der Waals surface area contributed by atoms with Crippen molar-refractivity contribution in [1.29, 1.82) is 5.26 Å². The molecule has 0 fully saturated rings. The lowest BCUT2D eigenvalue weighted by atomic mass is 10.2. The second-order valence-electron chi connectivity index (χ2n) is 3.92. The van der Waals surface area contributed by atoms with E-state index in [1.165, 1.54) is 0 Å².